The molecule has 7 nitrogen and oxygen atoms in total. The standard InChI is InChI=1S/C28H31N5O2/c1-19-4-2-6-24(30-19)25-16-21-11-13-29-26(18-35)27(21)28(32-25)31-22-9-7-20(8-10-22)12-15-33-14-3-5-23(33)17-34/h2,4,6-11,13,16,18,23,26,29,34H,3,5,12,14-15,17H2,1H3,(H,31,32)/t23-,26?/m0/s1. The van der Waals surface area contributed by atoms with Crippen molar-refractivity contribution in [1.29, 1.82) is 0 Å². The van der Waals surface area contributed by atoms with E-state index in [-0.39, 0.29) is 6.61 Å². The third kappa shape index (κ3) is 5.11. The molecule has 1 aromatic carbocycles. The number of fused-ring (bicyclic) bond motifs is 1. The van der Waals surface area contributed by atoms with Gasteiger partial charge in [0.05, 0.1) is 18.0 Å². The van der Waals surface area contributed by atoms with Crippen molar-refractivity contribution in [2.75, 3.05) is 25.0 Å². The molecule has 2 aromatic heterocycles. The molecule has 2 atom stereocenters. The summed E-state index contributed by atoms with van der Waals surface area (Å²) in [6.07, 6.45) is 7.85. The molecule has 1 saturated heterocycles. The van der Waals surface area contributed by atoms with Gasteiger partial charge in [0.2, 0.25) is 0 Å². The molecular weight excluding hydrogens is 438 g/mol. The highest BCUT2D eigenvalue weighted by Gasteiger charge is 2.24. The molecule has 3 aromatic rings. The maximum Gasteiger partial charge on any atom is 0.146 e. The Morgan fingerprint density at radius 3 is 2.80 bits per heavy atom. The fraction of sp³-hybridized carbons (Fsp3) is 0.321. The van der Waals surface area contributed by atoms with E-state index >= 15 is 0 Å². The normalized spacial score (nSPS) is 19.3. The lowest BCUT2D eigenvalue weighted by molar-refractivity contribution is -0.109. The number of aliphatic hydroxyl groups is 1. The van der Waals surface area contributed by atoms with Gasteiger partial charge >= 0.3 is 0 Å². The van der Waals surface area contributed by atoms with Crippen LogP contribution in [-0.4, -0.2) is 52.0 Å². The van der Waals surface area contributed by atoms with E-state index in [0.29, 0.717) is 11.9 Å². The van der Waals surface area contributed by atoms with Gasteiger partial charge in [-0.15, -0.1) is 0 Å². The number of carbonyl (C=O) groups is 1. The summed E-state index contributed by atoms with van der Waals surface area (Å²) in [5.41, 5.74) is 6.41. The van der Waals surface area contributed by atoms with E-state index in [0.717, 1.165) is 72.5 Å². The van der Waals surface area contributed by atoms with E-state index in [4.69, 9.17) is 4.98 Å². The van der Waals surface area contributed by atoms with Crippen LogP contribution in [0.4, 0.5) is 11.5 Å². The van der Waals surface area contributed by atoms with Crippen molar-refractivity contribution in [3.8, 4) is 11.4 Å². The predicted molar refractivity (Wildman–Crippen MR) is 138 cm³/mol. The number of likely N-dealkylation sites (tertiary alicyclic amines) is 1. The maximum absolute atomic E-state index is 11.8. The summed E-state index contributed by atoms with van der Waals surface area (Å²) in [5, 5.41) is 16.1. The molecule has 0 amide bonds. The Morgan fingerprint density at radius 2 is 2.03 bits per heavy atom. The minimum atomic E-state index is -0.469. The Kier molecular flexibility index (Phi) is 6.88. The summed E-state index contributed by atoms with van der Waals surface area (Å²) in [6, 6.07) is 16.1. The molecule has 2 aliphatic heterocycles. The van der Waals surface area contributed by atoms with Crippen molar-refractivity contribution in [3.05, 3.63) is 77.1 Å². The lowest BCUT2D eigenvalue weighted by Crippen LogP contribution is -2.33. The number of aliphatic hydroxyl groups excluding tert-OH is 1. The molecule has 4 heterocycles. The monoisotopic (exact) mass is 469 g/mol. The molecule has 0 bridgehead atoms. The van der Waals surface area contributed by atoms with Crippen LogP contribution in [0.15, 0.2) is 54.7 Å². The van der Waals surface area contributed by atoms with E-state index in [9.17, 15) is 9.90 Å². The highest BCUT2D eigenvalue weighted by molar-refractivity contribution is 5.79. The van der Waals surface area contributed by atoms with Gasteiger partial charge in [0.1, 0.15) is 18.1 Å². The molecular formula is C28H31N5O2. The van der Waals surface area contributed by atoms with Gasteiger partial charge in [-0.25, -0.2) is 4.98 Å². The molecule has 35 heavy (non-hydrogen) atoms. The molecule has 5 rings (SSSR count). The van der Waals surface area contributed by atoms with Gasteiger partial charge in [0.15, 0.2) is 0 Å². The molecule has 2 aliphatic rings. The largest absolute Gasteiger partial charge is 0.395 e. The number of anilines is 2. The van der Waals surface area contributed by atoms with Gasteiger partial charge in [-0.1, -0.05) is 18.2 Å². The number of aromatic nitrogens is 2. The number of hydrogen-bond acceptors (Lipinski definition) is 7. The van der Waals surface area contributed by atoms with Gasteiger partial charge in [-0.3, -0.25) is 9.88 Å². The number of carbonyl (C=O) groups excluding carboxylic acids is 1. The molecule has 1 unspecified atom stereocenters. The van der Waals surface area contributed by atoms with Crippen LogP contribution in [0.3, 0.4) is 0 Å². The number of aldehydes is 1. The number of aryl methyl sites for hydroxylation is 1. The summed E-state index contributed by atoms with van der Waals surface area (Å²) in [6.45, 7) is 4.22. The summed E-state index contributed by atoms with van der Waals surface area (Å²) in [4.78, 5) is 23.7. The van der Waals surface area contributed by atoms with Crippen molar-refractivity contribution < 1.29 is 9.90 Å². The zero-order valence-electron chi connectivity index (χ0n) is 19.9. The first-order chi connectivity index (χ1) is 17.1. The van der Waals surface area contributed by atoms with Crippen molar-refractivity contribution in [3.63, 3.8) is 0 Å². The van der Waals surface area contributed by atoms with Crippen LogP contribution in [0.25, 0.3) is 17.5 Å². The van der Waals surface area contributed by atoms with Gasteiger partial charge in [-0.05, 0) is 86.5 Å². The van der Waals surface area contributed by atoms with Crippen LogP contribution < -0.4 is 10.6 Å². The second kappa shape index (κ2) is 10.4. The highest BCUT2D eigenvalue weighted by atomic mass is 16.3. The number of rotatable bonds is 8. The Labute approximate surface area is 205 Å². The third-order valence-electron chi connectivity index (χ3n) is 6.84. The second-order valence-electron chi connectivity index (χ2n) is 9.22. The van der Waals surface area contributed by atoms with E-state index < -0.39 is 6.04 Å². The number of pyridine rings is 2. The smallest absolute Gasteiger partial charge is 0.146 e. The van der Waals surface area contributed by atoms with Crippen molar-refractivity contribution in [2.24, 2.45) is 0 Å². The van der Waals surface area contributed by atoms with E-state index in [2.05, 4.69) is 44.8 Å². The van der Waals surface area contributed by atoms with Crippen LogP contribution in [0, 0.1) is 6.92 Å². The quantitative estimate of drug-likeness (QED) is 0.430. The summed E-state index contributed by atoms with van der Waals surface area (Å²) in [7, 11) is 0. The minimum Gasteiger partial charge on any atom is -0.395 e. The summed E-state index contributed by atoms with van der Waals surface area (Å²) in [5.74, 6) is 0.644. The molecule has 0 radical (unpaired) electrons. The van der Waals surface area contributed by atoms with Gasteiger partial charge in [0, 0.05) is 29.5 Å². The third-order valence-corrected chi connectivity index (χ3v) is 6.84. The van der Waals surface area contributed by atoms with Crippen LogP contribution >= 0.6 is 0 Å². The van der Waals surface area contributed by atoms with E-state index in [1.165, 1.54) is 5.56 Å². The molecule has 7 heteroatoms. The molecule has 0 saturated carbocycles. The number of nitrogens with one attached hydrogen (secondary N) is 2. The first-order valence-electron chi connectivity index (χ1n) is 12.2. The number of benzene rings is 1. The van der Waals surface area contributed by atoms with Crippen molar-refractivity contribution in [1.82, 2.24) is 20.2 Å². The number of nitrogens with zero attached hydrogens (tertiary/aromatic N) is 3. The maximum atomic E-state index is 11.8. The molecule has 0 spiro atoms. The van der Waals surface area contributed by atoms with Gasteiger partial charge < -0.3 is 20.5 Å². The van der Waals surface area contributed by atoms with Crippen molar-refractivity contribution in [2.45, 2.75) is 38.3 Å². The number of hydrogen-bond donors (Lipinski definition) is 3. The topological polar surface area (TPSA) is 90.4 Å². The minimum absolute atomic E-state index is 0.239. The lowest BCUT2D eigenvalue weighted by Gasteiger charge is -2.23. The van der Waals surface area contributed by atoms with E-state index in [1.807, 2.05) is 37.3 Å². The SMILES string of the molecule is Cc1cccc(-c2cc3c(c(Nc4ccc(CCN5CCC[C@H]5CO)cc4)n2)C(C=O)NC=C3)n1. The average Bonchev–Trinajstić information content (AvgIpc) is 3.35. The van der Waals surface area contributed by atoms with Crippen molar-refractivity contribution >= 4 is 23.9 Å². The predicted octanol–water partition coefficient (Wildman–Crippen LogP) is 4.01. The molecule has 180 valence electrons. The van der Waals surface area contributed by atoms with Crippen LogP contribution in [-0.2, 0) is 11.2 Å². The Bertz CT molecular complexity index is 1220. The average molecular weight is 470 g/mol. The summed E-state index contributed by atoms with van der Waals surface area (Å²) >= 11 is 0. The molecule has 0 aliphatic carbocycles. The zero-order valence-corrected chi connectivity index (χ0v) is 19.9. The Hall–Kier alpha value is -3.55. The highest BCUT2D eigenvalue weighted by Crippen LogP contribution is 2.33. The van der Waals surface area contributed by atoms with Crippen LogP contribution in [0.1, 0.15) is 41.3 Å². The first-order valence-corrected chi connectivity index (χ1v) is 12.2. The van der Waals surface area contributed by atoms with Crippen LogP contribution in [0.5, 0.6) is 0 Å². The fourth-order valence-electron chi connectivity index (χ4n) is 4.94. The Morgan fingerprint density at radius 1 is 1.17 bits per heavy atom. The summed E-state index contributed by atoms with van der Waals surface area (Å²) < 4.78 is 0. The molecule has 1 fully saturated rings. The molecule has 3 N–H and O–H groups in total. The zero-order chi connectivity index (χ0) is 24.2. The Balaban J connectivity index is 1.39. The first kappa shape index (κ1) is 23.2. The van der Waals surface area contributed by atoms with Gasteiger partial charge in [0.25, 0.3) is 0 Å². The fourth-order valence-corrected chi connectivity index (χ4v) is 4.94. The van der Waals surface area contributed by atoms with Crippen LogP contribution in [0.2, 0.25) is 0 Å². The lowest BCUT2D eigenvalue weighted by atomic mass is 9.97. The van der Waals surface area contributed by atoms with E-state index in [1.54, 1.807) is 6.20 Å². The van der Waals surface area contributed by atoms with Gasteiger partial charge in [-0.2, -0.15) is 0 Å². The second-order valence-corrected chi connectivity index (χ2v) is 9.22.